The molecule has 1 fully saturated rings. The number of hydrogen-bond acceptors (Lipinski definition) is 9. The average Bonchev–Trinajstić information content (AvgIpc) is 3.12. The van der Waals surface area contributed by atoms with Crippen LogP contribution in [0.15, 0.2) is 11.3 Å². The molecule has 25 heavy (non-hydrogen) atoms. The second-order valence-corrected chi connectivity index (χ2v) is 5.32. The number of aliphatic imine (C=N–C) groups is 1. The molecule has 13 heteroatoms. The van der Waals surface area contributed by atoms with Crippen LogP contribution in [-0.4, -0.2) is 83.9 Å². The van der Waals surface area contributed by atoms with E-state index >= 15 is 0 Å². The molecule has 138 valence electrons. The molecule has 1 amide bonds. The van der Waals surface area contributed by atoms with Gasteiger partial charge in [-0.05, 0) is 0 Å². The summed E-state index contributed by atoms with van der Waals surface area (Å²) in [4.78, 5) is 29.4. The van der Waals surface area contributed by atoms with E-state index in [9.17, 15) is 19.8 Å². The lowest BCUT2D eigenvalue weighted by Crippen LogP contribution is -2.33. The fourth-order valence-electron chi connectivity index (χ4n) is 2.22. The Morgan fingerprint density at radius 3 is 2.56 bits per heavy atom. The molecule has 0 aromatic carbocycles. The van der Waals surface area contributed by atoms with Crippen LogP contribution in [0, 0.1) is 0 Å². The van der Waals surface area contributed by atoms with Crippen molar-refractivity contribution in [3.05, 3.63) is 12.2 Å². The second-order valence-electron chi connectivity index (χ2n) is 5.32. The highest BCUT2D eigenvalue weighted by molar-refractivity contribution is 5.96. The van der Waals surface area contributed by atoms with Gasteiger partial charge in [0.05, 0.1) is 13.0 Å². The topological polar surface area (TPSA) is 219 Å². The van der Waals surface area contributed by atoms with E-state index in [4.69, 9.17) is 26.4 Å². The first-order chi connectivity index (χ1) is 11.7. The third kappa shape index (κ3) is 4.08. The Hall–Kier alpha value is -2.61. The number of nitrogens with zero attached hydrogens (tertiary/aromatic N) is 4. The van der Waals surface area contributed by atoms with Gasteiger partial charge in [-0.3, -0.25) is 4.79 Å². The molecular formula is C12H18N6O7. The molecule has 8 N–H and O–H groups in total. The SMILES string of the molecule is NC(=O)CC(N=C(N)c1ncn(C2OC(CO)C(O)C2O)n1)C(=O)O. The van der Waals surface area contributed by atoms with Gasteiger partial charge in [0.15, 0.2) is 18.1 Å². The third-order valence-electron chi connectivity index (χ3n) is 3.49. The molecule has 1 saturated heterocycles. The van der Waals surface area contributed by atoms with Crippen LogP contribution < -0.4 is 11.5 Å². The first-order valence-corrected chi connectivity index (χ1v) is 7.13. The molecular weight excluding hydrogens is 340 g/mol. The van der Waals surface area contributed by atoms with Crippen molar-refractivity contribution in [1.29, 1.82) is 0 Å². The van der Waals surface area contributed by atoms with Crippen molar-refractivity contribution in [2.45, 2.75) is 37.0 Å². The zero-order valence-electron chi connectivity index (χ0n) is 12.8. The summed E-state index contributed by atoms with van der Waals surface area (Å²) in [7, 11) is 0. The standard InChI is InChI=1S/C12H18N6O7/c13-6(20)1-4(12(23)24)16-9(14)10-15-3-18(17-10)11-8(22)7(21)5(2-19)25-11/h3-5,7-8,11,19,21-22H,1-2H2,(H2,13,20)(H2,14,16)(H,23,24). The summed E-state index contributed by atoms with van der Waals surface area (Å²) in [5, 5.41) is 41.6. The molecule has 1 aromatic heterocycles. The summed E-state index contributed by atoms with van der Waals surface area (Å²) < 4.78 is 6.31. The van der Waals surface area contributed by atoms with Crippen molar-refractivity contribution in [2.75, 3.05) is 6.61 Å². The summed E-state index contributed by atoms with van der Waals surface area (Å²) in [6.07, 6.45) is -4.23. The molecule has 0 bridgehead atoms. The number of carboxylic acid groups (broad SMARTS) is 1. The van der Waals surface area contributed by atoms with Crippen LogP contribution in [0.4, 0.5) is 0 Å². The van der Waals surface area contributed by atoms with E-state index in [0.29, 0.717) is 0 Å². The van der Waals surface area contributed by atoms with Crippen molar-refractivity contribution < 1.29 is 34.8 Å². The maximum Gasteiger partial charge on any atom is 0.329 e. The van der Waals surface area contributed by atoms with Gasteiger partial charge in [0.25, 0.3) is 0 Å². The van der Waals surface area contributed by atoms with Crippen molar-refractivity contribution >= 4 is 17.7 Å². The van der Waals surface area contributed by atoms with Gasteiger partial charge >= 0.3 is 5.97 Å². The number of hydrogen-bond donors (Lipinski definition) is 6. The summed E-state index contributed by atoms with van der Waals surface area (Å²) >= 11 is 0. The Labute approximate surface area is 140 Å². The molecule has 1 aromatic rings. The van der Waals surface area contributed by atoms with Crippen LogP contribution in [0.1, 0.15) is 18.5 Å². The first kappa shape index (κ1) is 18.7. The molecule has 2 heterocycles. The highest BCUT2D eigenvalue weighted by Gasteiger charge is 2.44. The number of carboxylic acids is 1. The lowest BCUT2D eigenvalue weighted by Gasteiger charge is -2.13. The van der Waals surface area contributed by atoms with E-state index < -0.39 is 55.5 Å². The molecule has 1 aliphatic rings. The number of amides is 1. The van der Waals surface area contributed by atoms with E-state index in [1.807, 2.05) is 0 Å². The fraction of sp³-hybridized carbons (Fsp3) is 0.583. The minimum Gasteiger partial charge on any atom is -0.480 e. The Kier molecular flexibility index (Phi) is 5.63. The van der Waals surface area contributed by atoms with E-state index in [-0.39, 0.29) is 11.7 Å². The predicted octanol–water partition coefficient (Wildman–Crippen LogP) is -4.08. The monoisotopic (exact) mass is 358 g/mol. The smallest absolute Gasteiger partial charge is 0.329 e. The normalized spacial score (nSPS) is 28.0. The van der Waals surface area contributed by atoms with Crippen molar-refractivity contribution in [1.82, 2.24) is 14.8 Å². The van der Waals surface area contributed by atoms with Gasteiger partial charge in [-0.1, -0.05) is 0 Å². The van der Waals surface area contributed by atoms with E-state index in [0.717, 1.165) is 11.0 Å². The lowest BCUT2D eigenvalue weighted by atomic mass is 10.1. The molecule has 2 rings (SSSR count). The minimum atomic E-state index is -1.49. The van der Waals surface area contributed by atoms with Crippen LogP contribution in [0.25, 0.3) is 0 Å². The number of aliphatic hydroxyl groups excluding tert-OH is 3. The van der Waals surface area contributed by atoms with E-state index in [1.54, 1.807) is 0 Å². The third-order valence-corrected chi connectivity index (χ3v) is 3.49. The summed E-state index contributed by atoms with van der Waals surface area (Å²) in [6, 6.07) is -1.49. The molecule has 0 radical (unpaired) electrons. The van der Waals surface area contributed by atoms with E-state index in [2.05, 4.69) is 15.1 Å². The van der Waals surface area contributed by atoms with Crippen molar-refractivity contribution in [3.8, 4) is 0 Å². The number of carbonyl (C=O) groups is 2. The van der Waals surface area contributed by atoms with Crippen LogP contribution in [0.2, 0.25) is 0 Å². The lowest BCUT2D eigenvalue weighted by molar-refractivity contribution is -0.140. The summed E-state index contributed by atoms with van der Waals surface area (Å²) in [5.41, 5.74) is 10.6. The summed E-state index contributed by atoms with van der Waals surface area (Å²) in [5.74, 6) is -2.80. The number of primary amides is 1. The Morgan fingerprint density at radius 2 is 2.04 bits per heavy atom. The van der Waals surface area contributed by atoms with Crippen LogP contribution in [0.3, 0.4) is 0 Å². The largest absolute Gasteiger partial charge is 0.480 e. The molecule has 0 aliphatic carbocycles. The van der Waals surface area contributed by atoms with Gasteiger partial charge < -0.3 is 36.6 Å². The zero-order valence-corrected chi connectivity index (χ0v) is 12.8. The van der Waals surface area contributed by atoms with Gasteiger partial charge in [-0.2, -0.15) is 0 Å². The van der Waals surface area contributed by atoms with Gasteiger partial charge in [-0.15, -0.1) is 5.10 Å². The Balaban J connectivity index is 2.18. The quantitative estimate of drug-likeness (QED) is 0.204. The highest BCUT2D eigenvalue weighted by Crippen LogP contribution is 2.28. The van der Waals surface area contributed by atoms with Crippen molar-refractivity contribution in [2.24, 2.45) is 16.5 Å². The maximum absolute atomic E-state index is 11.0. The molecule has 0 spiro atoms. The number of nitrogens with two attached hydrogens (primary N) is 2. The summed E-state index contributed by atoms with van der Waals surface area (Å²) in [6.45, 7) is -0.507. The van der Waals surface area contributed by atoms with Gasteiger partial charge in [-0.25, -0.2) is 19.5 Å². The number of aliphatic carboxylic acids is 1. The molecule has 5 atom stereocenters. The minimum absolute atomic E-state index is 0.173. The molecule has 0 saturated carbocycles. The molecule has 5 unspecified atom stereocenters. The maximum atomic E-state index is 11.0. The van der Waals surface area contributed by atoms with Gasteiger partial charge in [0.1, 0.15) is 24.6 Å². The molecule has 13 nitrogen and oxygen atoms in total. The number of aromatic nitrogens is 3. The Bertz CT molecular complexity index is 677. The van der Waals surface area contributed by atoms with Crippen LogP contribution in [-0.2, 0) is 14.3 Å². The molecule has 1 aliphatic heterocycles. The number of ether oxygens (including phenoxy) is 1. The van der Waals surface area contributed by atoms with E-state index in [1.165, 1.54) is 0 Å². The number of aliphatic hydroxyl groups is 3. The van der Waals surface area contributed by atoms with Crippen LogP contribution in [0.5, 0.6) is 0 Å². The first-order valence-electron chi connectivity index (χ1n) is 7.13. The fourth-order valence-corrected chi connectivity index (χ4v) is 2.22. The number of carbonyl (C=O) groups excluding carboxylic acids is 1. The highest BCUT2D eigenvalue weighted by atomic mass is 16.6. The number of amidine groups is 1. The van der Waals surface area contributed by atoms with Crippen LogP contribution >= 0.6 is 0 Å². The number of rotatable bonds is 7. The van der Waals surface area contributed by atoms with Gasteiger partial charge in [0, 0.05) is 0 Å². The van der Waals surface area contributed by atoms with Gasteiger partial charge in [0.2, 0.25) is 11.7 Å². The second kappa shape index (κ2) is 7.52. The average molecular weight is 358 g/mol. The predicted molar refractivity (Wildman–Crippen MR) is 79.0 cm³/mol. The van der Waals surface area contributed by atoms with Crippen molar-refractivity contribution in [3.63, 3.8) is 0 Å². The Morgan fingerprint density at radius 1 is 1.36 bits per heavy atom. The zero-order chi connectivity index (χ0) is 18.7.